The monoisotopic (exact) mass is 415 g/mol. The molecule has 5 aromatic rings. The van der Waals surface area contributed by atoms with Crippen molar-refractivity contribution in [1.29, 1.82) is 0 Å². The summed E-state index contributed by atoms with van der Waals surface area (Å²) < 4.78 is 1.98. The first kappa shape index (κ1) is 18.3. The summed E-state index contributed by atoms with van der Waals surface area (Å²) in [7, 11) is 0. The number of nitrogens with one attached hydrogen (secondary N) is 2. The van der Waals surface area contributed by atoms with Crippen molar-refractivity contribution in [2.75, 3.05) is 5.32 Å². The number of hydrogen-bond acceptors (Lipinski definition) is 5. The van der Waals surface area contributed by atoms with Gasteiger partial charge < -0.3 is 10.3 Å². The van der Waals surface area contributed by atoms with Crippen LogP contribution in [0.5, 0.6) is 0 Å². The van der Waals surface area contributed by atoms with E-state index in [1.807, 2.05) is 64.6 Å². The third-order valence-corrected chi connectivity index (χ3v) is 5.59. The standard InChI is InChI=1S/C22H17N5O2S/c28-20(10-9-18-21(29)25-17-4-2-1-3-16(17)24-18)23-15-7-5-14(6-8-15)19-13-27-11-12-30-22(27)26-19/h1-8,11-13H,9-10H2,(H,23,28)(H,25,29). The van der Waals surface area contributed by atoms with Crippen LogP contribution in [0, 0.1) is 0 Å². The number of thiazole rings is 1. The number of hydrogen-bond donors (Lipinski definition) is 2. The molecule has 5 rings (SSSR count). The maximum atomic E-state index is 12.3. The molecule has 0 aliphatic rings. The zero-order valence-corrected chi connectivity index (χ0v) is 16.6. The molecule has 0 saturated heterocycles. The molecule has 0 bridgehead atoms. The topological polar surface area (TPSA) is 92.1 Å². The van der Waals surface area contributed by atoms with Gasteiger partial charge in [0.2, 0.25) is 5.91 Å². The van der Waals surface area contributed by atoms with E-state index < -0.39 is 0 Å². The number of aromatic amines is 1. The van der Waals surface area contributed by atoms with Gasteiger partial charge in [-0.1, -0.05) is 24.3 Å². The summed E-state index contributed by atoms with van der Waals surface area (Å²) in [6.45, 7) is 0. The molecular formula is C22H17N5O2S. The molecule has 148 valence electrons. The average molecular weight is 415 g/mol. The molecule has 2 N–H and O–H groups in total. The van der Waals surface area contributed by atoms with Crippen LogP contribution >= 0.6 is 11.3 Å². The first-order valence-electron chi connectivity index (χ1n) is 9.46. The smallest absolute Gasteiger partial charge is 0.270 e. The Kier molecular flexibility index (Phi) is 4.61. The number of anilines is 1. The highest BCUT2D eigenvalue weighted by molar-refractivity contribution is 7.15. The molecule has 0 saturated carbocycles. The van der Waals surface area contributed by atoms with Crippen LogP contribution in [0.15, 0.2) is 71.1 Å². The Morgan fingerprint density at radius 3 is 2.77 bits per heavy atom. The minimum absolute atomic E-state index is 0.167. The van der Waals surface area contributed by atoms with E-state index in [0.29, 0.717) is 22.4 Å². The molecule has 7 nitrogen and oxygen atoms in total. The fourth-order valence-electron chi connectivity index (χ4n) is 3.28. The maximum Gasteiger partial charge on any atom is 0.270 e. The molecule has 3 aromatic heterocycles. The van der Waals surface area contributed by atoms with E-state index in [4.69, 9.17) is 0 Å². The van der Waals surface area contributed by atoms with Gasteiger partial charge in [-0.05, 0) is 24.3 Å². The summed E-state index contributed by atoms with van der Waals surface area (Å²) in [5.41, 5.74) is 4.07. The van der Waals surface area contributed by atoms with E-state index in [0.717, 1.165) is 16.2 Å². The Bertz CT molecular complexity index is 1390. The lowest BCUT2D eigenvalue weighted by Gasteiger charge is -2.06. The summed E-state index contributed by atoms with van der Waals surface area (Å²) in [4.78, 5) is 37.2. The molecule has 0 aliphatic heterocycles. The van der Waals surface area contributed by atoms with Crippen LogP contribution in [0.1, 0.15) is 12.1 Å². The van der Waals surface area contributed by atoms with Crippen molar-refractivity contribution >= 4 is 38.9 Å². The summed E-state index contributed by atoms with van der Waals surface area (Å²) in [6, 6.07) is 14.9. The number of amides is 1. The quantitative estimate of drug-likeness (QED) is 0.456. The van der Waals surface area contributed by atoms with Crippen LogP contribution in [-0.4, -0.2) is 25.3 Å². The molecule has 0 fully saturated rings. The summed E-state index contributed by atoms with van der Waals surface area (Å²) >= 11 is 1.58. The van der Waals surface area contributed by atoms with E-state index in [-0.39, 0.29) is 24.3 Å². The first-order chi connectivity index (χ1) is 14.7. The molecule has 0 radical (unpaired) electrons. The van der Waals surface area contributed by atoms with Crippen LogP contribution in [-0.2, 0) is 11.2 Å². The van der Waals surface area contributed by atoms with Gasteiger partial charge in [-0.25, -0.2) is 9.97 Å². The normalized spacial score (nSPS) is 11.2. The highest BCUT2D eigenvalue weighted by Gasteiger charge is 2.10. The van der Waals surface area contributed by atoms with Gasteiger partial charge in [-0.3, -0.25) is 14.0 Å². The van der Waals surface area contributed by atoms with Crippen molar-refractivity contribution in [3.63, 3.8) is 0 Å². The fraction of sp³-hybridized carbons (Fsp3) is 0.0909. The second-order valence-electron chi connectivity index (χ2n) is 6.87. The van der Waals surface area contributed by atoms with Crippen LogP contribution < -0.4 is 10.9 Å². The molecule has 8 heteroatoms. The Labute approximate surface area is 175 Å². The first-order valence-corrected chi connectivity index (χ1v) is 10.3. The van der Waals surface area contributed by atoms with E-state index in [1.165, 1.54) is 0 Å². The highest BCUT2D eigenvalue weighted by Crippen LogP contribution is 2.23. The van der Waals surface area contributed by atoms with Gasteiger partial charge in [-0.2, -0.15) is 0 Å². The number of H-pyrrole nitrogens is 1. The minimum atomic E-state index is -0.258. The van der Waals surface area contributed by atoms with Crippen LogP contribution in [0.3, 0.4) is 0 Å². The maximum absolute atomic E-state index is 12.3. The number of fused-ring (bicyclic) bond motifs is 2. The van der Waals surface area contributed by atoms with Crippen molar-refractivity contribution in [2.24, 2.45) is 0 Å². The lowest BCUT2D eigenvalue weighted by Crippen LogP contribution is -2.19. The van der Waals surface area contributed by atoms with Gasteiger partial charge in [0.25, 0.3) is 5.56 Å². The number of aromatic nitrogens is 4. The van der Waals surface area contributed by atoms with Crippen molar-refractivity contribution < 1.29 is 4.79 Å². The number of imidazole rings is 1. The lowest BCUT2D eigenvalue weighted by molar-refractivity contribution is -0.116. The number of aryl methyl sites for hydroxylation is 1. The summed E-state index contributed by atoms with van der Waals surface area (Å²) in [6.07, 6.45) is 4.40. The van der Waals surface area contributed by atoms with Gasteiger partial charge in [-0.15, -0.1) is 11.3 Å². The van der Waals surface area contributed by atoms with Crippen molar-refractivity contribution in [3.05, 3.63) is 82.4 Å². The van der Waals surface area contributed by atoms with Gasteiger partial charge >= 0.3 is 0 Å². The number of carbonyl (C=O) groups excluding carboxylic acids is 1. The minimum Gasteiger partial charge on any atom is -0.326 e. The van der Waals surface area contributed by atoms with Crippen molar-refractivity contribution in [1.82, 2.24) is 19.4 Å². The Morgan fingerprint density at radius 2 is 1.93 bits per heavy atom. The number of para-hydroxylation sites is 2. The zero-order chi connectivity index (χ0) is 20.5. The highest BCUT2D eigenvalue weighted by atomic mass is 32.1. The number of rotatable bonds is 5. The summed E-state index contributed by atoms with van der Waals surface area (Å²) in [5.74, 6) is -0.167. The van der Waals surface area contributed by atoms with Crippen molar-refractivity contribution in [2.45, 2.75) is 12.8 Å². The van der Waals surface area contributed by atoms with E-state index in [1.54, 1.807) is 17.4 Å². The van der Waals surface area contributed by atoms with Crippen LogP contribution in [0.25, 0.3) is 27.3 Å². The Hall–Kier alpha value is -3.78. The SMILES string of the molecule is O=C(CCc1nc2ccccc2[nH]c1=O)Nc1ccc(-c2cn3ccsc3n2)cc1. The van der Waals surface area contributed by atoms with Gasteiger partial charge in [0.05, 0.1) is 16.7 Å². The molecule has 2 aromatic carbocycles. The van der Waals surface area contributed by atoms with Gasteiger partial charge in [0.15, 0.2) is 4.96 Å². The predicted octanol–water partition coefficient (Wildman–Crippen LogP) is 3.87. The molecule has 1 amide bonds. The largest absolute Gasteiger partial charge is 0.326 e. The second kappa shape index (κ2) is 7.57. The molecule has 3 heterocycles. The van der Waals surface area contributed by atoms with Crippen molar-refractivity contribution in [3.8, 4) is 11.3 Å². The zero-order valence-electron chi connectivity index (χ0n) is 15.8. The third kappa shape index (κ3) is 3.60. The number of nitrogens with zero attached hydrogens (tertiary/aromatic N) is 3. The third-order valence-electron chi connectivity index (χ3n) is 4.82. The predicted molar refractivity (Wildman–Crippen MR) is 118 cm³/mol. The number of benzene rings is 2. The Morgan fingerprint density at radius 1 is 1.10 bits per heavy atom. The molecule has 0 atom stereocenters. The van der Waals surface area contributed by atoms with E-state index in [9.17, 15) is 9.59 Å². The van der Waals surface area contributed by atoms with Gasteiger partial charge in [0.1, 0.15) is 5.69 Å². The molecule has 0 aliphatic carbocycles. The molecule has 0 unspecified atom stereocenters. The van der Waals surface area contributed by atoms with Crippen LogP contribution in [0.4, 0.5) is 5.69 Å². The molecule has 30 heavy (non-hydrogen) atoms. The summed E-state index contributed by atoms with van der Waals surface area (Å²) in [5, 5.41) is 4.86. The Balaban J connectivity index is 1.24. The van der Waals surface area contributed by atoms with E-state index >= 15 is 0 Å². The average Bonchev–Trinajstić information content (AvgIpc) is 3.35. The van der Waals surface area contributed by atoms with Crippen LogP contribution in [0.2, 0.25) is 0 Å². The second-order valence-corrected chi connectivity index (χ2v) is 7.75. The molecule has 0 spiro atoms. The lowest BCUT2D eigenvalue weighted by atomic mass is 10.1. The van der Waals surface area contributed by atoms with E-state index in [2.05, 4.69) is 20.3 Å². The fourth-order valence-corrected chi connectivity index (χ4v) is 3.98. The molecular weight excluding hydrogens is 398 g/mol. The van der Waals surface area contributed by atoms with Gasteiger partial charge in [0, 0.05) is 41.9 Å². The number of carbonyl (C=O) groups is 1.